The first-order valence-electron chi connectivity index (χ1n) is 6.52. The molecule has 8 nitrogen and oxygen atoms in total. The van der Waals surface area contributed by atoms with E-state index in [0.717, 1.165) is 0 Å². The van der Waals surface area contributed by atoms with E-state index in [4.69, 9.17) is 9.15 Å². The molecule has 2 aromatic rings. The molecule has 0 unspecified atom stereocenters. The Morgan fingerprint density at radius 3 is 2.86 bits per heavy atom. The lowest BCUT2D eigenvalue weighted by atomic mass is 10.1. The van der Waals surface area contributed by atoms with Gasteiger partial charge in [0, 0.05) is 37.8 Å². The molecule has 0 aliphatic rings. The van der Waals surface area contributed by atoms with Crippen LogP contribution in [0, 0.1) is 10.1 Å². The van der Waals surface area contributed by atoms with E-state index in [1.807, 2.05) is 0 Å². The fourth-order valence-electron chi connectivity index (χ4n) is 1.90. The van der Waals surface area contributed by atoms with Gasteiger partial charge in [-0.2, -0.15) is 0 Å². The van der Waals surface area contributed by atoms with Gasteiger partial charge in [0.25, 0.3) is 11.6 Å². The van der Waals surface area contributed by atoms with Crippen molar-refractivity contribution in [3.63, 3.8) is 0 Å². The van der Waals surface area contributed by atoms with Crippen molar-refractivity contribution in [3.8, 4) is 0 Å². The number of rotatable bonds is 6. The number of ether oxygens (including phenoxy) is 1. The molecule has 1 amide bonds. The second-order valence-electron chi connectivity index (χ2n) is 4.53. The summed E-state index contributed by atoms with van der Waals surface area (Å²) in [6.45, 7) is 0.831. The van der Waals surface area contributed by atoms with Crippen molar-refractivity contribution in [1.29, 1.82) is 0 Å². The molecule has 0 atom stereocenters. The first-order valence-corrected chi connectivity index (χ1v) is 6.52. The molecule has 0 aliphatic heterocycles. The predicted molar refractivity (Wildman–Crippen MR) is 78.0 cm³/mol. The zero-order valence-corrected chi connectivity index (χ0v) is 11.8. The Balaban J connectivity index is 2.29. The largest absolute Gasteiger partial charge is 0.422 e. The second kappa shape index (κ2) is 6.81. The third-order valence-electron chi connectivity index (χ3n) is 2.98. The van der Waals surface area contributed by atoms with Gasteiger partial charge in [-0.05, 0) is 18.6 Å². The maximum Gasteiger partial charge on any atom is 0.349 e. The average Bonchev–Trinajstić information content (AvgIpc) is 2.50. The third-order valence-corrected chi connectivity index (χ3v) is 2.98. The van der Waals surface area contributed by atoms with E-state index in [0.29, 0.717) is 25.0 Å². The lowest BCUT2D eigenvalue weighted by Gasteiger charge is -2.05. The Hall–Kier alpha value is -2.74. The fraction of sp³-hybridized carbons (Fsp3) is 0.286. The van der Waals surface area contributed by atoms with Crippen molar-refractivity contribution in [1.82, 2.24) is 5.32 Å². The summed E-state index contributed by atoms with van der Waals surface area (Å²) < 4.78 is 9.86. The maximum absolute atomic E-state index is 11.9. The molecule has 1 heterocycles. The topological polar surface area (TPSA) is 112 Å². The molecule has 0 spiro atoms. The molecule has 0 bridgehead atoms. The van der Waals surface area contributed by atoms with Crippen LogP contribution in [0.4, 0.5) is 5.69 Å². The van der Waals surface area contributed by atoms with Crippen molar-refractivity contribution in [2.75, 3.05) is 20.3 Å². The number of hydrogen-bond acceptors (Lipinski definition) is 6. The molecule has 0 radical (unpaired) electrons. The van der Waals surface area contributed by atoms with Crippen LogP contribution >= 0.6 is 0 Å². The lowest BCUT2D eigenvalue weighted by molar-refractivity contribution is -0.384. The number of amides is 1. The zero-order valence-electron chi connectivity index (χ0n) is 11.8. The highest BCUT2D eigenvalue weighted by atomic mass is 16.6. The van der Waals surface area contributed by atoms with E-state index in [1.54, 1.807) is 7.11 Å². The lowest BCUT2D eigenvalue weighted by Crippen LogP contribution is -2.29. The van der Waals surface area contributed by atoms with Crippen LogP contribution in [0.5, 0.6) is 0 Å². The minimum absolute atomic E-state index is 0.146. The summed E-state index contributed by atoms with van der Waals surface area (Å²) >= 11 is 0. The molecule has 8 heteroatoms. The smallest absolute Gasteiger partial charge is 0.349 e. The highest BCUT2D eigenvalue weighted by Gasteiger charge is 2.15. The molecule has 0 fully saturated rings. The number of nitrogens with zero attached hydrogens (tertiary/aromatic N) is 1. The van der Waals surface area contributed by atoms with Crippen LogP contribution in [0.2, 0.25) is 0 Å². The molecule has 0 aliphatic carbocycles. The van der Waals surface area contributed by atoms with Gasteiger partial charge in [-0.25, -0.2) is 4.79 Å². The molecule has 116 valence electrons. The van der Waals surface area contributed by atoms with Crippen LogP contribution in [-0.2, 0) is 4.74 Å². The van der Waals surface area contributed by atoms with Crippen LogP contribution in [-0.4, -0.2) is 31.1 Å². The van der Waals surface area contributed by atoms with Gasteiger partial charge < -0.3 is 14.5 Å². The monoisotopic (exact) mass is 306 g/mol. The van der Waals surface area contributed by atoms with E-state index in [1.165, 1.54) is 24.3 Å². The number of benzene rings is 1. The zero-order chi connectivity index (χ0) is 16.1. The molecule has 1 N–H and O–H groups in total. The third kappa shape index (κ3) is 3.47. The summed E-state index contributed by atoms with van der Waals surface area (Å²) in [5.74, 6) is -0.585. The minimum Gasteiger partial charge on any atom is -0.422 e. The normalized spacial score (nSPS) is 10.6. The molecule has 0 saturated heterocycles. The van der Waals surface area contributed by atoms with Gasteiger partial charge >= 0.3 is 5.63 Å². The van der Waals surface area contributed by atoms with Crippen LogP contribution < -0.4 is 10.9 Å². The summed E-state index contributed by atoms with van der Waals surface area (Å²) in [6.07, 6.45) is 0.604. The SMILES string of the molecule is COCCCNC(=O)c1cc2cc([N+](=O)[O-])ccc2oc1=O. The van der Waals surface area contributed by atoms with Crippen molar-refractivity contribution in [3.05, 3.63) is 50.4 Å². The maximum atomic E-state index is 11.9. The standard InChI is InChI=1S/C14H14N2O6/c1-21-6-2-5-15-13(17)11-8-9-7-10(16(19)20)3-4-12(9)22-14(11)18/h3-4,7-8H,2,5-6H2,1H3,(H,15,17). The summed E-state index contributed by atoms with van der Waals surface area (Å²) in [5, 5.41) is 13.6. The van der Waals surface area contributed by atoms with Gasteiger partial charge in [0.15, 0.2) is 0 Å². The number of carbonyl (C=O) groups excluding carboxylic acids is 1. The highest BCUT2D eigenvalue weighted by Crippen LogP contribution is 2.20. The number of fused-ring (bicyclic) bond motifs is 1. The number of carbonyl (C=O) groups is 1. The number of nitro benzene ring substituents is 1. The first kappa shape index (κ1) is 15.6. The van der Waals surface area contributed by atoms with Gasteiger partial charge in [0.2, 0.25) is 0 Å². The summed E-state index contributed by atoms with van der Waals surface area (Å²) in [6, 6.07) is 5.10. The van der Waals surface area contributed by atoms with Crippen LogP contribution in [0.25, 0.3) is 11.0 Å². The fourth-order valence-corrected chi connectivity index (χ4v) is 1.90. The minimum atomic E-state index is -0.786. The summed E-state index contributed by atoms with van der Waals surface area (Å²) in [4.78, 5) is 33.9. The number of hydrogen-bond donors (Lipinski definition) is 1. The van der Waals surface area contributed by atoms with Gasteiger partial charge in [0.1, 0.15) is 11.1 Å². The highest BCUT2D eigenvalue weighted by molar-refractivity contribution is 5.96. The molecular weight excluding hydrogens is 292 g/mol. The van der Waals surface area contributed by atoms with E-state index in [9.17, 15) is 19.7 Å². The Labute approximate surface area is 124 Å². The Morgan fingerprint density at radius 2 is 2.18 bits per heavy atom. The van der Waals surface area contributed by atoms with Crippen molar-refractivity contribution in [2.24, 2.45) is 0 Å². The molecule has 22 heavy (non-hydrogen) atoms. The molecular formula is C14H14N2O6. The van der Waals surface area contributed by atoms with Crippen molar-refractivity contribution in [2.45, 2.75) is 6.42 Å². The molecule has 0 saturated carbocycles. The molecule has 1 aromatic carbocycles. The van der Waals surface area contributed by atoms with E-state index in [-0.39, 0.29) is 16.8 Å². The van der Waals surface area contributed by atoms with E-state index >= 15 is 0 Å². The van der Waals surface area contributed by atoms with Gasteiger partial charge in [-0.3, -0.25) is 14.9 Å². The Morgan fingerprint density at radius 1 is 1.41 bits per heavy atom. The Bertz CT molecular complexity index is 768. The molecule has 2 rings (SSSR count). The second-order valence-corrected chi connectivity index (χ2v) is 4.53. The number of non-ortho nitro benzene ring substituents is 1. The number of methoxy groups -OCH3 is 1. The van der Waals surface area contributed by atoms with Gasteiger partial charge in [0.05, 0.1) is 4.92 Å². The summed E-state index contributed by atoms with van der Waals surface area (Å²) in [7, 11) is 1.55. The van der Waals surface area contributed by atoms with Crippen LogP contribution in [0.1, 0.15) is 16.8 Å². The van der Waals surface area contributed by atoms with E-state index in [2.05, 4.69) is 5.32 Å². The average molecular weight is 306 g/mol. The number of nitro groups is 1. The number of nitrogens with one attached hydrogen (secondary N) is 1. The quantitative estimate of drug-likeness (QED) is 0.374. The van der Waals surface area contributed by atoms with Crippen LogP contribution in [0.15, 0.2) is 33.5 Å². The predicted octanol–water partition coefficient (Wildman–Crippen LogP) is 1.47. The summed E-state index contributed by atoms with van der Waals surface area (Å²) in [5.41, 5.74) is -0.935. The van der Waals surface area contributed by atoms with Crippen molar-refractivity contribution < 1.29 is 18.9 Å². The first-order chi connectivity index (χ1) is 10.5. The van der Waals surface area contributed by atoms with Gasteiger partial charge in [-0.1, -0.05) is 0 Å². The Kier molecular flexibility index (Phi) is 4.84. The van der Waals surface area contributed by atoms with Crippen molar-refractivity contribution >= 4 is 22.6 Å². The molecule has 1 aromatic heterocycles. The van der Waals surface area contributed by atoms with Crippen LogP contribution in [0.3, 0.4) is 0 Å². The van der Waals surface area contributed by atoms with E-state index < -0.39 is 16.5 Å². The van der Waals surface area contributed by atoms with Gasteiger partial charge in [-0.15, -0.1) is 0 Å².